The average molecular weight is 498 g/mol. The molecule has 1 atom stereocenters. The lowest BCUT2D eigenvalue weighted by Crippen LogP contribution is -2.52. The minimum atomic E-state index is -4.37. The van der Waals surface area contributed by atoms with Crippen LogP contribution in [0.25, 0.3) is 10.2 Å². The molecule has 0 bridgehead atoms. The van der Waals surface area contributed by atoms with Gasteiger partial charge < -0.3 is 10.0 Å². The normalized spacial score (nSPS) is 17.6. The molecule has 1 saturated heterocycles. The Labute approximate surface area is 198 Å². The van der Waals surface area contributed by atoms with E-state index in [-0.39, 0.29) is 12.5 Å². The number of halogens is 4. The molecule has 33 heavy (non-hydrogen) atoms. The Balaban J connectivity index is 1.49. The molecule has 1 aliphatic heterocycles. The number of hydrogen-bond donors (Lipinski definition) is 1. The number of carboxylic acids is 1. The third-order valence-corrected chi connectivity index (χ3v) is 7.04. The Morgan fingerprint density at radius 2 is 1.97 bits per heavy atom. The number of alkyl halides is 3. The first-order chi connectivity index (χ1) is 15.6. The fraction of sp³-hybridized carbons (Fsp3) is 0.391. The molecule has 5 nitrogen and oxygen atoms in total. The first-order valence-corrected chi connectivity index (χ1v) is 11.8. The van der Waals surface area contributed by atoms with Crippen molar-refractivity contribution in [1.82, 2.24) is 9.88 Å². The number of piperazine rings is 1. The molecule has 2 heterocycles. The van der Waals surface area contributed by atoms with Gasteiger partial charge in [-0.25, -0.2) is 4.98 Å². The molecule has 0 aliphatic carbocycles. The number of thiazole rings is 1. The van der Waals surface area contributed by atoms with Gasteiger partial charge in [0.15, 0.2) is 5.13 Å². The van der Waals surface area contributed by atoms with Gasteiger partial charge in [-0.1, -0.05) is 35.9 Å². The van der Waals surface area contributed by atoms with E-state index in [2.05, 4.69) is 21.7 Å². The van der Waals surface area contributed by atoms with Crippen LogP contribution in [0, 0.1) is 0 Å². The van der Waals surface area contributed by atoms with Gasteiger partial charge in [0.1, 0.15) is 0 Å². The number of rotatable bonds is 6. The summed E-state index contributed by atoms with van der Waals surface area (Å²) in [6.07, 6.45) is -3.59. The van der Waals surface area contributed by atoms with Crippen molar-refractivity contribution in [1.29, 1.82) is 0 Å². The number of fused-ring (bicyclic) bond motifs is 1. The highest BCUT2D eigenvalue weighted by Gasteiger charge is 2.32. The number of aliphatic carboxylic acids is 1. The summed E-state index contributed by atoms with van der Waals surface area (Å²) in [5.41, 5.74) is 1.54. The zero-order chi connectivity index (χ0) is 23.8. The second-order valence-electron chi connectivity index (χ2n) is 8.21. The molecule has 0 radical (unpaired) electrons. The Bertz CT molecular complexity index is 1170. The molecule has 1 aromatic heterocycles. The lowest BCUT2D eigenvalue weighted by Gasteiger charge is -2.41. The fourth-order valence-electron chi connectivity index (χ4n) is 4.22. The Morgan fingerprint density at radius 1 is 1.21 bits per heavy atom. The summed E-state index contributed by atoms with van der Waals surface area (Å²) in [5.74, 6) is -0.902. The number of carboxylic acid groups (broad SMARTS) is 1. The van der Waals surface area contributed by atoms with Crippen LogP contribution in [-0.2, 0) is 23.9 Å². The van der Waals surface area contributed by atoms with Crippen LogP contribution in [0.5, 0.6) is 0 Å². The third-order valence-electron chi connectivity index (χ3n) is 5.77. The van der Waals surface area contributed by atoms with Crippen LogP contribution < -0.4 is 4.90 Å². The molecular formula is C23H23ClF3N3O2S. The lowest BCUT2D eigenvalue weighted by atomic mass is 10.1. The molecule has 0 unspecified atom stereocenters. The van der Waals surface area contributed by atoms with E-state index in [9.17, 15) is 18.0 Å². The molecular weight excluding hydrogens is 475 g/mol. The molecule has 176 valence electrons. The van der Waals surface area contributed by atoms with Gasteiger partial charge >= 0.3 is 12.1 Å². The highest BCUT2D eigenvalue weighted by molar-refractivity contribution is 7.22. The minimum absolute atomic E-state index is 0.0768. The largest absolute Gasteiger partial charge is 0.481 e. The Morgan fingerprint density at radius 3 is 2.67 bits per heavy atom. The van der Waals surface area contributed by atoms with Crippen LogP contribution in [0.15, 0.2) is 36.4 Å². The first-order valence-electron chi connectivity index (χ1n) is 10.6. The maximum absolute atomic E-state index is 13.1. The van der Waals surface area contributed by atoms with Crippen molar-refractivity contribution in [3.8, 4) is 0 Å². The van der Waals surface area contributed by atoms with Gasteiger partial charge in [-0.05, 0) is 47.9 Å². The van der Waals surface area contributed by atoms with E-state index in [0.717, 1.165) is 36.3 Å². The number of aromatic nitrogens is 1. The molecule has 0 saturated carbocycles. The van der Waals surface area contributed by atoms with Crippen LogP contribution in [0.1, 0.15) is 30.0 Å². The van der Waals surface area contributed by atoms with E-state index >= 15 is 0 Å². The molecule has 1 fully saturated rings. The highest BCUT2D eigenvalue weighted by Crippen LogP contribution is 2.36. The van der Waals surface area contributed by atoms with Crippen molar-refractivity contribution in [3.63, 3.8) is 0 Å². The van der Waals surface area contributed by atoms with E-state index in [0.29, 0.717) is 33.9 Å². The van der Waals surface area contributed by atoms with Crippen molar-refractivity contribution in [2.75, 3.05) is 24.5 Å². The highest BCUT2D eigenvalue weighted by atomic mass is 35.5. The summed E-state index contributed by atoms with van der Waals surface area (Å²) in [5, 5.41) is 10.3. The zero-order valence-electron chi connectivity index (χ0n) is 17.9. The van der Waals surface area contributed by atoms with Crippen LogP contribution >= 0.6 is 22.9 Å². The summed E-state index contributed by atoms with van der Waals surface area (Å²) in [6.45, 7) is 4.95. The Hall–Kier alpha value is -2.36. The van der Waals surface area contributed by atoms with Crippen molar-refractivity contribution >= 4 is 44.3 Å². The van der Waals surface area contributed by atoms with Crippen molar-refractivity contribution in [2.45, 2.75) is 38.5 Å². The maximum Gasteiger partial charge on any atom is 0.416 e. The molecule has 0 amide bonds. The van der Waals surface area contributed by atoms with Crippen LogP contribution in [0.3, 0.4) is 0 Å². The van der Waals surface area contributed by atoms with Gasteiger partial charge in [0, 0.05) is 37.2 Å². The lowest BCUT2D eigenvalue weighted by molar-refractivity contribution is -0.138. The molecule has 10 heteroatoms. The summed E-state index contributed by atoms with van der Waals surface area (Å²) >= 11 is 7.48. The SMILES string of the molecule is CC[C@@H]1CN(Cc2cc(Cl)cc(CC(=O)O)c2)CCN1c1nc2ccc(C(F)(F)F)cc2s1. The van der Waals surface area contributed by atoms with Gasteiger partial charge in [0.25, 0.3) is 0 Å². The standard InChI is InChI=1S/C23H23ClF3N3O2S/c1-2-18-13-29(12-15-7-14(10-21(31)32)8-17(24)9-15)5-6-30(18)22-28-19-4-3-16(23(25,26)27)11-20(19)33-22/h3-4,7-9,11,18H,2,5-6,10,12-13H2,1H3,(H,31,32)/t18-/m1/s1. The van der Waals surface area contributed by atoms with Gasteiger partial charge in [-0.15, -0.1) is 0 Å². The average Bonchev–Trinajstić information content (AvgIpc) is 3.15. The molecule has 2 aromatic carbocycles. The second-order valence-corrected chi connectivity index (χ2v) is 9.65. The smallest absolute Gasteiger partial charge is 0.416 e. The van der Waals surface area contributed by atoms with Gasteiger partial charge in [-0.3, -0.25) is 9.69 Å². The van der Waals surface area contributed by atoms with Crippen LogP contribution in [0.2, 0.25) is 5.02 Å². The van der Waals surface area contributed by atoms with Crippen molar-refractivity contribution in [3.05, 3.63) is 58.1 Å². The number of hydrogen-bond acceptors (Lipinski definition) is 5. The fourth-order valence-corrected chi connectivity index (χ4v) is 5.60. The maximum atomic E-state index is 13.1. The number of nitrogens with zero attached hydrogens (tertiary/aromatic N) is 3. The quantitative estimate of drug-likeness (QED) is 0.473. The predicted octanol–water partition coefficient (Wildman–Crippen LogP) is 5.70. The second kappa shape index (κ2) is 9.48. The van der Waals surface area contributed by atoms with Crippen molar-refractivity contribution in [2.24, 2.45) is 0 Å². The topological polar surface area (TPSA) is 56.7 Å². The van der Waals surface area contributed by atoms with Gasteiger partial charge in [0.2, 0.25) is 0 Å². The van der Waals surface area contributed by atoms with E-state index < -0.39 is 17.7 Å². The molecule has 1 aliphatic rings. The van der Waals surface area contributed by atoms with Gasteiger partial charge in [0.05, 0.1) is 22.2 Å². The number of anilines is 1. The summed E-state index contributed by atoms with van der Waals surface area (Å²) < 4.78 is 39.7. The monoisotopic (exact) mass is 497 g/mol. The number of carbonyl (C=O) groups is 1. The number of benzene rings is 2. The molecule has 4 rings (SSSR count). The molecule has 1 N–H and O–H groups in total. The van der Waals surface area contributed by atoms with Gasteiger partial charge in [-0.2, -0.15) is 13.2 Å². The Kier molecular flexibility index (Phi) is 6.83. The van der Waals surface area contributed by atoms with Crippen molar-refractivity contribution < 1.29 is 23.1 Å². The van der Waals surface area contributed by atoms with Crippen LogP contribution in [-0.4, -0.2) is 46.6 Å². The molecule has 3 aromatic rings. The zero-order valence-corrected chi connectivity index (χ0v) is 19.5. The third kappa shape index (κ3) is 5.59. The van der Waals surface area contributed by atoms with Crippen LogP contribution in [0.4, 0.5) is 18.3 Å². The summed E-state index contributed by atoms with van der Waals surface area (Å²) in [6, 6.07) is 9.24. The summed E-state index contributed by atoms with van der Waals surface area (Å²) in [7, 11) is 0. The predicted molar refractivity (Wildman–Crippen MR) is 124 cm³/mol. The molecule has 0 spiro atoms. The minimum Gasteiger partial charge on any atom is -0.481 e. The van der Waals surface area contributed by atoms with E-state index in [1.54, 1.807) is 6.07 Å². The van der Waals surface area contributed by atoms with E-state index in [1.807, 2.05) is 12.1 Å². The van der Waals surface area contributed by atoms with E-state index in [4.69, 9.17) is 16.7 Å². The first kappa shape index (κ1) is 23.8. The van der Waals surface area contributed by atoms with E-state index in [1.165, 1.54) is 23.5 Å². The summed E-state index contributed by atoms with van der Waals surface area (Å²) in [4.78, 5) is 20.1.